The molecular formula is C22H28O8. The Hall–Kier alpha value is -2.45. The molecule has 0 aromatic heterocycles. The summed E-state index contributed by atoms with van der Waals surface area (Å²) in [4.78, 5) is 36.4. The minimum atomic E-state index is -0.715. The SMILES string of the molecule is C=C1C(=O)O[C@H]2/C=C(/C)[C@@H](OC(C)=O)C[C@@H]3O[C@]3(C)C[C@@H](OC(=O)/C(C)=C\CO)[C@@H]12. The third kappa shape index (κ3) is 4.49. The number of esters is 3. The van der Waals surface area contributed by atoms with Crippen LogP contribution in [0.5, 0.6) is 0 Å². The lowest BCUT2D eigenvalue weighted by atomic mass is 9.82. The van der Waals surface area contributed by atoms with Gasteiger partial charge < -0.3 is 24.1 Å². The molecule has 0 amide bonds. The molecule has 0 aromatic rings. The van der Waals surface area contributed by atoms with Gasteiger partial charge in [-0.15, -0.1) is 0 Å². The van der Waals surface area contributed by atoms with Crippen molar-refractivity contribution >= 4 is 17.9 Å². The molecule has 8 heteroatoms. The zero-order valence-electron chi connectivity index (χ0n) is 17.7. The number of fused-ring (bicyclic) bond motifs is 2. The molecule has 0 bridgehead atoms. The Kier molecular flexibility index (Phi) is 6.19. The summed E-state index contributed by atoms with van der Waals surface area (Å²) in [6.45, 7) is 10.2. The molecule has 3 rings (SSSR count). The Bertz CT molecular complexity index is 825. The first-order valence-corrected chi connectivity index (χ1v) is 9.97. The number of ether oxygens (including phenoxy) is 4. The van der Waals surface area contributed by atoms with Gasteiger partial charge in [0.15, 0.2) is 0 Å². The fraction of sp³-hybridized carbons (Fsp3) is 0.591. The minimum Gasteiger partial charge on any atom is -0.458 e. The number of aliphatic hydroxyl groups is 1. The second kappa shape index (κ2) is 8.35. The molecule has 0 aromatic carbocycles. The predicted molar refractivity (Wildman–Crippen MR) is 105 cm³/mol. The summed E-state index contributed by atoms with van der Waals surface area (Å²) >= 11 is 0. The number of hydrogen-bond acceptors (Lipinski definition) is 8. The van der Waals surface area contributed by atoms with E-state index in [-0.39, 0.29) is 23.9 Å². The molecule has 1 N–H and O–H groups in total. The minimum absolute atomic E-state index is 0.191. The first-order valence-electron chi connectivity index (χ1n) is 9.97. The average molecular weight is 420 g/mol. The Morgan fingerprint density at radius 2 is 2.07 bits per heavy atom. The van der Waals surface area contributed by atoms with Gasteiger partial charge in [-0.3, -0.25) is 4.79 Å². The summed E-state index contributed by atoms with van der Waals surface area (Å²) in [5.74, 6) is -2.15. The topological polar surface area (TPSA) is 112 Å². The first-order chi connectivity index (χ1) is 14.1. The van der Waals surface area contributed by atoms with Gasteiger partial charge in [-0.1, -0.05) is 6.58 Å². The van der Waals surface area contributed by atoms with Crippen molar-refractivity contribution in [2.75, 3.05) is 6.61 Å². The van der Waals surface area contributed by atoms with Crippen molar-refractivity contribution in [3.8, 4) is 0 Å². The first kappa shape index (κ1) is 22.2. The number of hydrogen-bond donors (Lipinski definition) is 1. The quantitative estimate of drug-likeness (QED) is 0.241. The molecular weight excluding hydrogens is 392 g/mol. The summed E-state index contributed by atoms with van der Waals surface area (Å²) in [6, 6.07) is 0. The Balaban J connectivity index is 1.97. The van der Waals surface area contributed by atoms with Gasteiger partial charge in [0, 0.05) is 30.9 Å². The van der Waals surface area contributed by atoms with Crippen LogP contribution in [0.15, 0.2) is 35.5 Å². The summed E-state index contributed by atoms with van der Waals surface area (Å²) in [7, 11) is 0. The van der Waals surface area contributed by atoms with Gasteiger partial charge >= 0.3 is 17.9 Å². The van der Waals surface area contributed by atoms with Crippen molar-refractivity contribution in [3.63, 3.8) is 0 Å². The maximum absolute atomic E-state index is 12.5. The molecule has 30 heavy (non-hydrogen) atoms. The van der Waals surface area contributed by atoms with E-state index in [0.717, 1.165) is 5.57 Å². The van der Waals surface area contributed by atoms with E-state index >= 15 is 0 Å². The van der Waals surface area contributed by atoms with E-state index < -0.39 is 47.7 Å². The highest BCUT2D eigenvalue weighted by Crippen LogP contribution is 2.48. The average Bonchev–Trinajstić information content (AvgIpc) is 3.18. The zero-order chi connectivity index (χ0) is 22.2. The lowest BCUT2D eigenvalue weighted by Crippen LogP contribution is -2.38. The van der Waals surface area contributed by atoms with Crippen molar-refractivity contribution in [2.45, 2.75) is 70.6 Å². The fourth-order valence-corrected chi connectivity index (χ4v) is 4.13. The normalized spacial score (nSPS) is 37.8. The van der Waals surface area contributed by atoms with E-state index in [9.17, 15) is 14.4 Å². The maximum atomic E-state index is 12.5. The highest BCUT2D eigenvalue weighted by Gasteiger charge is 2.58. The molecule has 164 valence electrons. The van der Waals surface area contributed by atoms with Crippen LogP contribution >= 0.6 is 0 Å². The zero-order valence-corrected chi connectivity index (χ0v) is 17.7. The number of carbonyl (C=O) groups is 3. The van der Waals surface area contributed by atoms with E-state index in [1.54, 1.807) is 19.9 Å². The molecule has 3 aliphatic rings. The third-order valence-corrected chi connectivity index (χ3v) is 5.95. The van der Waals surface area contributed by atoms with Crippen LogP contribution in [0, 0.1) is 5.92 Å². The molecule has 2 saturated heterocycles. The Morgan fingerprint density at radius 1 is 1.37 bits per heavy atom. The van der Waals surface area contributed by atoms with Crippen molar-refractivity contribution in [1.82, 2.24) is 0 Å². The molecule has 0 unspecified atom stereocenters. The van der Waals surface area contributed by atoms with Gasteiger partial charge in [0.05, 0.1) is 24.2 Å². The van der Waals surface area contributed by atoms with Crippen LogP contribution in [-0.4, -0.2) is 59.6 Å². The summed E-state index contributed by atoms with van der Waals surface area (Å²) in [5.41, 5.74) is 0.605. The molecule has 2 heterocycles. The molecule has 8 nitrogen and oxygen atoms in total. The highest BCUT2D eigenvalue weighted by atomic mass is 16.6. The maximum Gasteiger partial charge on any atom is 0.334 e. The summed E-state index contributed by atoms with van der Waals surface area (Å²) in [6.07, 6.45) is 1.75. The third-order valence-electron chi connectivity index (χ3n) is 5.95. The molecule has 0 spiro atoms. The monoisotopic (exact) mass is 420 g/mol. The number of epoxide rings is 1. The lowest BCUT2D eigenvalue weighted by molar-refractivity contribution is -0.149. The van der Waals surface area contributed by atoms with Crippen LogP contribution in [0.1, 0.15) is 40.5 Å². The van der Waals surface area contributed by atoms with E-state index in [0.29, 0.717) is 12.8 Å². The van der Waals surface area contributed by atoms with E-state index in [1.165, 1.54) is 13.0 Å². The molecule has 2 fully saturated rings. The van der Waals surface area contributed by atoms with Gasteiger partial charge in [-0.25, -0.2) is 9.59 Å². The summed E-state index contributed by atoms with van der Waals surface area (Å²) < 4.78 is 22.6. The van der Waals surface area contributed by atoms with Crippen molar-refractivity contribution in [3.05, 3.63) is 35.5 Å². The smallest absolute Gasteiger partial charge is 0.334 e. The van der Waals surface area contributed by atoms with E-state index in [2.05, 4.69) is 6.58 Å². The fourth-order valence-electron chi connectivity index (χ4n) is 4.13. The van der Waals surface area contributed by atoms with Gasteiger partial charge in [-0.2, -0.15) is 0 Å². The van der Waals surface area contributed by atoms with Gasteiger partial charge in [0.25, 0.3) is 0 Å². The lowest BCUT2D eigenvalue weighted by Gasteiger charge is -2.29. The van der Waals surface area contributed by atoms with Crippen LogP contribution in [-0.2, 0) is 33.3 Å². The van der Waals surface area contributed by atoms with Crippen LogP contribution in [0.25, 0.3) is 0 Å². The van der Waals surface area contributed by atoms with Crippen LogP contribution in [0.2, 0.25) is 0 Å². The predicted octanol–water partition coefficient (Wildman–Crippen LogP) is 1.76. The van der Waals surface area contributed by atoms with Crippen molar-refractivity contribution in [1.29, 1.82) is 0 Å². The molecule has 1 aliphatic carbocycles. The molecule has 0 saturated carbocycles. The molecule has 2 aliphatic heterocycles. The summed E-state index contributed by atoms with van der Waals surface area (Å²) in [5, 5.41) is 9.05. The van der Waals surface area contributed by atoms with Crippen LogP contribution in [0.3, 0.4) is 0 Å². The van der Waals surface area contributed by atoms with E-state index in [4.69, 9.17) is 24.1 Å². The number of rotatable bonds is 4. The second-order valence-electron chi connectivity index (χ2n) is 8.30. The number of carbonyl (C=O) groups excluding carboxylic acids is 3. The Labute approximate surface area is 175 Å². The van der Waals surface area contributed by atoms with Crippen molar-refractivity contribution < 1.29 is 38.4 Å². The standard InChI is InChI=1S/C22H28O8/c1-11(6-7-23)20(25)29-17-10-22(5)18(30-22)9-15(27-14(4)24)12(2)8-16-19(17)13(3)21(26)28-16/h6,8,15-19,23H,3,7,9-10H2,1-2,4-5H3/b11-6-,12-8-/t15-,16-,17+,18-,19-,22+/m0/s1. The largest absolute Gasteiger partial charge is 0.458 e. The number of aliphatic hydroxyl groups excluding tert-OH is 1. The second-order valence-corrected chi connectivity index (χ2v) is 8.30. The molecule has 0 radical (unpaired) electrons. The van der Waals surface area contributed by atoms with Crippen LogP contribution < -0.4 is 0 Å². The van der Waals surface area contributed by atoms with Gasteiger partial charge in [-0.05, 0) is 38.5 Å². The van der Waals surface area contributed by atoms with E-state index in [1.807, 2.05) is 6.92 Å². The van der Waals surface area contributed by atoms with Crippen molar-refractivity contribution in [2.24, 2.45) is 5.92 Å². The van der Waals surface area contributed by atoms with Gasteiger partial charge in [0.1, 0.15) is 18.3 Å². The molecule has 6 atom stereocenters. The Morgan fingerprint density at radius 3 is 2.70 bits per heavy atom. The van der Waals surface area contributed by atoms with Crippen LogP contribution in [0.4, 0.5) is 0 Å². The van der Waals surface area contributed by atoms with Gasteiger partial charge in [0.2, 0.25) is 0 Å². The highest BCUT2D eigenvalue weighted by molar-refractivity contribution is 5.92.